The fourth-order valence-electron chi connectivity index (χ4n) is 2.04. The minimum atomic E-state index is -0.173. The predicted octanol–water partition coefficient (Wildman–Crippen LogP) is 3.08. The van der Waals surface area contributed by atoms with Gasteiger partial charge in [0.05, 0.1) is 11.4 Å². The lowest BCUT2D eigenvalue weighted by atomic mass is 10.2. The molecule has 126 valence electrons. The van der Waals surface area contributed by atoms with Gasteiger partial charge in [0.25, 0.3) is 0 Å². The highest BCUT2D eigenvalue weighted by Gasteiger charge is 2.16. The van der Waals surface area contributed by atoms with Crippen LogP contribution in [0.5, 0.6) is 0 Å². The molecule has 0 aliphatic rings. The van der Waals surface area contributed by atoms with Crippen LogP contribution >= 0.6 is 11.8 Å². The Bertz CT molecular complexity index is 906. The number of hydrogen-bond donors (Lipinski definition) is 1. The normalized spacial score (nSPS) is 11.4. The molecule has 0 atom stereocenters. The van der Waals surface area contributed by atoms with Crippen LogP contribution in [0.15, 0.2) is 64.9 Å². The maximum Gasteiger partial charge on any atom is 0.220 e. The van der Waals surface area contributed by atoms with E-state index < -0.39 is 0 Å². The van der Waals surface area contributed by atoms with Crippen molar-refractivity contribution in [2.45, 2.75) is 19.0 Å². The third kappa shape index (κ3) is 4.10. The molecule has 25 heavy (non-hydrogen) atoms. The summed E-state index contributed by atoms with van der Waals surface area (Å²) in [6.45, 7) is 3.43. The molecule has 0 amide bonds. The lowest BCUT2D eigenvalue weighted by Gasteiger charge is -2.07. The molecule has 0 spiro atoms. The third-order valence-corrected chi connectivity index (χ3v) is 4.36. The average molecular weight is 352 g/mol. The van der Waals surface area contributed by atoms with E-state index in [2.05, 4.69) is 26.1 Å². The van der Waals surface area contributed by atoms with Gasteiger partial charge in [0.2, 0.25) is 5.16 Å². The van der Waals surface area contributed by atoms with Gasteiger partial charge in [-0.25, -0.2) is 0 Å². The number of rotatable bonds is 5. The number of anilines is 1. The number of thioether (sulfide) groups is 1. The zero-order valence-electron chi connectivity index (χ0n) is 13.7. The molecule has 0 aliphatic heterocycles. The van der Waals surface area contributed by atoms with E-state index in [0.717, 1.165) is 28.7 Å². The molecule has 0 bridgehead atoms. The number of ketones is 1. The molecular formula is C17H16N6OS. The van der Waals surface area contributed by atoms with Crippen molar-refractivity contribution in [3.05, 3.63) is 60.2 Å². The first-order chi connectivity index (χ1) is 12.1. The third-order valence-electron chi connectivity index (χ3n) is 3.35. The van der Waals surface area contributed by atoms with Crippen molar-refractivity contribution in [1.82, 2.24) is 20.2 Å². The van der Waals surface area contributed by atoms with Gasteiger partial charge < -0.3 is 0 Å². The molecule has 3 rings (SSSR count). The largest absolute Gasteiger partial charge is 0.292 e. The fraction of sp³-hybridized carbons (Fsp3) is 0.118. The van der Waals surface area contributed by atoms with Gasteiger partial charge in [-0.15, -0.1) is 5.10 Å². The molecule has 1 aromatic heterocycles. The van der Waals surface area contributed by atoms with E-state index in [4.69, 9.17) is 0 Å². The van der Waals surface area contributed by atoms with Gasteiger partial charge in [-0.1, -0.05) is 36.4 Å². The van der Waals surface area contributed by atoms with Crippen molar-refractivity contribution in [1.29, 1.82) is 0 Å². The molecule has 8 heteroatoms. The Kier molecular flexibility index (Phi) is 5.20. The van der Waals surface area contributed by atoms with E-state index in [0.29, 0.717) is 5.16 Å². The van der Waals surface area contributed by atoms with Crippen LogP contribution in [0.2, 0.25) is 0 Å². The van der Waals surface area contributed by atoms with Gasteiger partial charge >= 0.3 is 0 Å². The number of Topliss-reactive ketones (excluding diaryl/α,β-unsaturated/α-hetero) is 1. The number of nitrogens with one attached hydrogen (secondary N) is 1. The monoisotopic (exact) mass is 352 g/mol. The number of aryl methyl sites for hydroxylation is 1. The summed E-state index contributed by atoms with van der Waals surface area (Å²) in [6.07, 6.45) is 0. The highest BCUT2D eigenvalue weighted by molar-refractivity contribution is 8.15. The van der Waals surface area contributed by atoms with E-state index in [1.54, 1.807) is 4.68 Å². The summed E-state index contributed by atoms with van der Waals surface area (Å²) in [5, 5.41) is 16.6. The van der Waals surface area contributed by atoms with E-state index in [9.17, 15) is 4.79 Å². The summed E-state index contributed by atoms with van der Waals surface area (Å²) >= 11 is 1.11. The topological polar surface area (TPSA) is 85.1 Å². The van der Waals surface area contributed by atoms with Crippen molar-refractivity contribution in [2.75, 3.05) is 5.43 Å². The summed E-state index contributed by atoms with van der Waals surface area (Å²) in [5.74, 6) is -0.173. The average Bonchev–Trinajstić information content (AvgIpc) is 3.08. The maximum absolute atomic E-state index is 12.0. The second kappa shape index (κ2) is 7.71. The number of hydrazone groups is 1. The van der Waals surface area contributed by atoms with Crippen molar-refractivity contribution in [3.63, 3.8) is 0 Å². The van der Waals surface area contributed by atoms with Crippen molar-refractivity contribution >= 4 is 28.3 Å². The molecule has 0 aliphatic carbocycles. The number of hydrogen-bond acceptors (Lipinski definition) is 7. The molecule has 1 N–H and O–H groups in total. The Morgan fingerprint density at radius 1 is 1.12 bits per heavy atom. The minimum Gasteiger partial charge on any atom is -0.292 e. The molecular weight excluding hydrogens is 336 g/mol. The van der Waals surface area contributed by atoms with E-state index >= 15 is 0 Å². The van der Waals surface area contributed by atoms with Crippen molar-refractivity contribution < 1.29 is 4.79 Å². The summed E-state index contributed by atoms with van der Waals surface area (Å²) < 4.78 is 1.57. The number of tetrazole rings is 1. The number of nitrogens with zero attached hydrogens (tertiary/aromatic N) is 5. The standard InChI is InChI=1S/C17H16N6OS/c1-12-8-6-7-11-15(12)18-19-16(13(2)24)25-17-20-21-22-23(17)14-9-4-3-5-10-14/h3-11,18H,1-2H3/b19-16+. The summed E-state index contributed by atoms with van der Waals surface area (Å²) in [5.41, 5.74) is 5.62. The molecule has 0 radical (unpaired) electrons. The number of aromatic nitrogens is 4. The minimum absolute atomic E-state index is 0.173. The van der Waals surface area contributed by atoms with Crippen LogP contribution in [0, 0.1) is 6.92 Å². The molecule has 3 aromatic rings. The first-order valence-corrected chi connectivity index (χ1v) is 8.38. The zero-order valence-corrected chi connectivity index (χ0v) is 14.6. The Morgan fingerprint density at radius 3 is 2.56 bits per heavy atom. The highest BCUT2D eigenvalue weighted by atomic mass is 32.2. The Labute approximate surface area is 149 Å². The van der Waals surface area contributed by atoms with Crippen LogP contribution in [-0.2, 0) is 4.79 Å². The van der Waals surface area contributed by atoms with Gasteiger partial charge in [0.15, 0.2) is 10.8 Å². The van der Waals surface area contributed by atoms with Gasteiger partial charge in [-0.05, 0) is 52.9 Å². The molecule has 0 unspecified atom stereocenters. The van der Waals surface area contributed by atoms with E-state index in [1.165, 1.54) is 6.92 Å². The number of carbonyl (C=O) groups is 1. The molecule has 0 saturated carbocycles. The van der Waals surface area contributed by atoms with Crippen LogP contribution in [0.4, 0.5) is 5.69 Å². The van der Waals surface area contributed by atoms with Crippen molar-refractivity contribution in [2.24, 2.45) is 5.10 Å². The number of benzene rings is 2. The number of carbonyl (C=O) groups excluding carboxylic acids is 1. The second-order valence-corrected chi connectivity index (χ2v) is 6.17. The predicted molar refractivity (Wildman–Crippen MR) is 97.9 cm³/mol. The quantitative estimate of drug-likeness (QED) is 0.329. The summed E-state index contributed by atoms with van der Waals surface area (Å²) in [6, 6.07) is 17.2. The smallest absolute Gasteiger partial charge is 0.220 e. The molecule has 0 saturated heterocycles. The van der Waals surface area contributed by atoms with Gasteiger partial charge in [0.1, 0.15) is 0 Å². The first kappa shape index (κ1) is 16.8. The molecule has 7 nitrogen and oxygen atoms in total. The van der Waals surface area contributed by atoms with Gasteiger partial charge in [-0.2, -0.15) is 9.78 Å². The highest BCUT2D eigenvalue weighted by Crippen LogP contribution is 2.21. The number of para-hydroxylation sites is 2. The Hall–Kier alpha value is -3.00. The lowest BCUT2D eigenvalue weighted by molar-refractivity contribution is -0.110. The fourth-order valence-corrected chi connectivity index (χ4v) is 2.76. The Morgan fingerprint density at radius 2 is 1.84 bits per heavy atom. The lowest BCUT2D eigenvalue weighted by Crippen LogP contribution is -2.10. The van der Waals surface area contributed by atoms with Gasteiger partial charge in [0, 0.05) is 6.92 Å². The zero-order chi connectivity index (χ0) is 17.6. The van der Waals surface area contributed by atoms with E-state index in [1.807, 2.05) is 61.5 Å². The molecule has 0 fully saturated rings. The van der Waals surface area contributed by atoms with E-state index in [-0.39, 0.29) is 10.8 Å². The van der Waals surface area contributed by atoms with Crippen LogP contribution in [0.3, 0.4) is 0 Å². The van der Waals surface area contributed by atoms with Crippen LogP contribution in [0.25, 0.3) is 5.69 Å². The first-order valence-electron chi connectivity index (χ1n) is 7.57. The molecule has 2 aromatic carbocycles. The molecule has 1 heterocycles. The second-order valence-electron chi connectivity index (χ2n) is 5.21. The van der Waals surface area contributed by atoms with Gasteiger partial charge in [-0.3, -0.25) is 10.2 Å². The summed E-state index contributed by atoms with van der Waals surface area (Å²) in [4.78, 5) is 12.0. The Balaban J connectivity index is 1.84. The summed E-state index contributed by atoms with van der Waals surface area (Å²) in [7, 11) is 0. The van der Waals surface area contributed by atoms with Crippen LogP contribution < -0.4 is 5.43 Å². The maximum atomic E-state index is 12.0. The SMILES string of the molecule is CC(=O)/C(=N\Nc1ccccc1C)Sc1nnnn1-c1ccccc1. The van der Waals surface area contributed by atoms with Crippen molar-refractivity contribution in [3.8, 4) is 5.69 Å². The van der Waals surface area contributed by atoms with Crippen LogP contribution in [-0.4, -0.2) is 31.0 Å². The van der Waals surface area contributed by atoms with Crippen LogP contribution in [0.1, 0.15) is 12.5 Å².